The van der Waals surface area contributed by atoms with E-state index >= 15 is 0 Å². The highest BCUT2D eigenvalue weighted by atomic mass is 15.3. The molecule has 48 valence electrons. The van der Waals surface area contributed by atoms with Gasteiger partial charge in [-0.15, -0.1) is 0 Å². The molecular formula is C6H9N3. The van der Waals surface area contributed by atoms with E-state index in [2.05, 4.69) is 16.7 Å². The van der Waals surface area contributed by atoms with E-state index in [4.69, 9.17) is 0 Å². The first-order valence-electron chi connectivity index (χ1n) is 2.76. The molecule has 0 N–H and O–H groups in total. The minimum absolute atomic E-state index is 0.785. The number of rotatable bonds is 1. The Morgan fingerprint density at radius 1 is 1.56 bits per heavy atom. The second-order valence-corrected chi connectivity index (χ2v) is 1.83. The van der Waals surface area contributed by atoms with Crippen molar-refractivity contribution in [1.82, 2.24) is 14.8 Å². The fourth-order valence-corrected chi connectivity index (χ4v) is 0.709. The van der Waals surface area contributed by atoms with Crippen LogP contribution < -0.4 is 0 Å². The third kappa shape index (κ3) is 0.988. The van der Waals surface area contributed by atoms with Crippen LogP contribution in [-0.4, -0.2) is 14.8 Å². The van der Waals surface area contributed by atoms with Gasteiger partial charge in [0.15, 0.2) is 0 Å². The Morgan fingerprint density at radius 3 is 2.44 bits per heavy atom. The predicted octanol–water partition coefficient (Wildman–Crippen LogP) is 0.995. The molecule has 1 rings (SSSR count). The van der Waals surface area contributed by atoms with Gasteiger partial charge in [0, 0.05) is 6.20 Å². The maximum atomic E-state index is 4.06. The Balaban J connectivity index is 3.15. The minimum atomic E-state index is 0.785. The van der Waals surface area contributed by atoms with Crippen LogP contribution in [-0.2, 0) is 0 Å². The molecule has 0 unspecified atom stereocenters. The van der Waals surface area contributed by atoms with Crippen LogP contribution in [0.1, 0.15) is 11.6 Å². The molecule has 3 nitrogen and oxygen atoms in total. The fourth-order valence-electron chi connectivity index (χ4n) is 0.709. The summed E-state index contributed by atoms with van der Waals surface area (Å²) in [6, 6.07) is 0. The van der Waals surface area contributed by atoms with Crippen molar-refractivity contribution in [2.75, 3.05) is 0 Å². The Labute approximate surface area is 54.0 Å². The van der Waals surface area contributed by atoms with Crippen molar-refractivity contribution in [3.05, 3.63) is 18.2 Å². The van der Waals surface area contributed by atoms with E-state index < -0.39 is 0 Å². The van der Waals surface area contributed by atoms with E-state index in [1.165, 1.54) is 0 Å². The first-order chi connectivity index (χ1) is 4.24. The van der Waals surface area contributed by atoms with Crippen LogP contribution in [0.25, 0.3) is 6.20 Å². The molecule has 9 heavy (non-hydrogen) atoms. The summed E-state index contributed by atoms with van der Waals surface area (Å²) in [5, 5.41) is 4.02. The van der Waals surface area contributed by atoms with Crippen molar-refractivity contribution in [3.63, 3.8) is 0 Å². The van der Waals surface area contributed by atoms with Crippen molar-refractivity contribution in [1.29, 1.82) is 0 Å². The maximum absolute atomic E-state index is 4.06. The van der Waals surface area contributed by atoms with Gasteiger partial charge in [-0.25, -0.2) is 9.67 Å². The summed E-state index contributed by atoms with van der Waals surface area (Å²) in [5.41, 5.74) is 0. The standard InChI is InChI=1S/C6H9N3/c1-4-9-6(3)7-5(2)8-9/h4H,1H2,2-3H3. The second-order valence-electron chi connectivity index (χ2n) is 1.83. The van der Waals surface area contributed by atoms with E-state index in [-0.39, 0.29) is 0 Å². The molecule has 0 bridgehead atoms. The summed E-state index contributed by atoms with van der Waals surface area (Å²) in [7, 11) is 0. The summed E-state index contributed by atoms with van der Waals surface area (Å²) < 4.78 is 1.65. The molecule has 0 aromatic carbocycles. The van der Waals surface area contributed by atoms with E-state index in [0.29, 0.717) is 0 Å². The molecule has 0 fully saturated rings. The summed E-state index contributed by atoms with van der Waals surface area (Å²) in [6.07, 6.45) is 1.63. The summed E-state index contributed by atoms with van der Waals surface area (Å²) in [6.45, 7) is 7.31. The quantitative estimate of drug-likeness (QED) is 0.557. The van der Waals surface area contributed by atoms with Gasteiger partial charge in [0.2, 0.25) is 0 Å². The second kappa shape index (κ2) is 2.01. The van der Waals surface area contributed by atoms with Gasteiger partial charge in [0.1, 0.15) is 11.6 Å². The van der Waals surface area contributed by atoms with E-state index in [0.717, 1.165) is 11.6 Å². The smallest absolute Gasteiger partial charge is 0.148 e. The molecular weight excluding hydrogens is 114 g/mol. The summed E-state index contributed by atoms with van der Waals surface area (Å²) >= 11 is 0. The third-order valence-corrected chi connectivity index (χ3v) is 1.08. The molecule has 0 radical (unpaired) electrons. The molecule has 0 atom stereocenters. The average Bonchev–Trinajstić information content (AvgIpc) is 2.10. The number of aryl methyl sites for hydroxylation is 2. The molecule has 0 amide bonds. The number of hydrogen-bond acceptors (Lipinski definition) is 2. The molecule has 0 aliphatic carbocycles. The lowest BCUT2D eigenvalue weighted by Gasteiger charge is -1.87. The van der Waals surface area contributed by atoms with Crippen LogP contribution in [0, 0.1) is 13.8 Å². The van der Waals surface area contributed by atoms with Crippen LogP contribution in [0.2, 0.25) is 0 Å². The molecule has 0 spiro atoms. The first kappa shape index (κ1) is 6.01. The highest BCUT2D eigenvalue weighted by Gasteiger charge is 1.95. The molecule has 3 heteroatoms. The third-order valence-electron chi connectivity index (χ3n) is 1.08. The van der Waals surface area contributed by atoms with Crippen molar-refractivity contribution in [2.45, 2.75) is 13.8 Å². The van der Waals surface area contributed by atoms with Gasteiger partial charge in [-0.3, -0.25) is 0 Å². The van der Waals surface area contributed by atoms with Gasteiger partial charge < -0.3 is 0 Å². The van der Waals surface area contributed by atoms with Crippen LogP contribution in [0.5, 0.6) is 0 Å². The number of hydrogen-bond donors (Lipinski definition) is 0. The predicted molar refractivity (Wildman–Crippen MR) is 35.9 cm³/mol. The average molecular weight is 123 g/mol. The summed E-state index contributed by atoms with van der Waals surface area (Å²) in [5.74, 6) is 1.66. The van der Waals surface area contributed by atoms with Crippen LogP contribution in [0.4, 0.5) is 0 Å². The molecule has 1 heterocycles. The lowest BCUT2D eigenvalue weighted by atomic mass is 10.7. The monoisotopic (exact) mass is 123 g/mol. The molecule has 1 aromatic heterocycles. The van der Waals surface area contributed by atoms with E-state index in [1.54, 1.807) is 10.9 Å². The normalized spacial score (nSPS) is 9.56. The molecule has 1 aromatic rings. The van der Waals surface area contributed by atoms with Crippen LogP contribution in [0.15, 0.2) is 6.58 Å². The highest BCUT2D eigenvalue weighted by molar-refractivity contribution is 5.15. The van der Waals surface area contributed by atoms with Crippen molar-refractivity contribution in [3.8, 4) is 0 Å². The Bertz CT molecular complexity index is 224. The lowest BCUT2D eigenvalue weighted by molar-refractivity contribution is 0.880. The zero-order valence-electron chi connectivity index (χ0n) is 5.63. The topological polar surface area (TPSA) is 30.7 Å². The van der Waals surface area contributed by atoms with E-state index in [1.807, 2.05) is 13.8 Å². The van der Waals surface area contributed by atoms with Crippen molar-refractivity contribution >= 4 is 6.20 Å². The van der Waals surface area contributed by atoms with Gasteiger partial charge >= 0.3 is 0 Å². The van der Waals surface area contributed by atoms with Gasteiger partial charge in [-0.2, -0.15) is 5.10 Å². The molecule has 0 saturated heterocycles. The van der Waals surface area contributed by atoms with Crippen LogP contribution in [0.3, 0.4) is 0 Å². The summed E-state index contributed by atoms with van der Waals surface area (Å²) in [4.78, 5) is 4.06. The van der Waals surface area contributed by atoms with Gasteiger partial charge in [0.05, 0.1) is 0 Å². The maximum Gasteiger partial charge on any atom is 0.148 e. The molecule has 0 saturated carbocycles. The number of nitrogens with zero attached hydrogens (tertiary/aromatic N) is 3. The van der Waals surface area contributed by atoms with Gasteiger partial charge in [0.25, 0.3) is 0 Å². The van der Waals surface area contributed by atoms with Crippen molar-refractivity contribution < 1.29 is 0 Å². The lowest BCUT2D eigenvalue weighted by Crippen LogP contribution is -1.90. The van der Waals surface area contributed by atoms with Gasteiger partial charge in [-0.1, -0.05) is 6.58 Å². The number of aromatic nitrogens is 3. The van der Waals surface area contributed by atoms with Crippen LogP contribution >= 0.6 is 0 Å². The first-order valence-corrected chi connectivity index (χ1v) is 2.76. The largest absolute Gasteiger partial charge is 0.226 e. The Hall–Kier alpha value is -1.12. The zero-order chi connectivity index (χ0) is 6.85. The Morgan fingerprint density at radius 2 is 2.22 bits per heavy atom. The molecule has 0 aliphatic rings. The van der Waals surface area contributed by atoms with Gasteiger partial charge in [-0.05, 0) is 13.8 Å². The minimum Gasteiger partial charge on any atom is -0.226 e. The SMILES string of the molecule is C=Cn1nc(C)nc1C. The zero-order valence-corrected chi connectivity index (χ0v) is 5.63. The Kier molecular flexibility index (Phi) is 1.34. The van der Waals surface area contributed by atoms with Crippen molar-refractivity contribution in [2.24, 2.45) is 0 Å². The fraction of sp³-hybridized carbons (Fsp3) is 0.333. The molecule has 0 aliphatic heterocycles. The highest BCUT2D eigenvalue weighted by Crippen LogP contribution is 1.93. The van der Waals surface area contributed by atoms with E-state index in [9.17, 15) is 0 Å².